The first-order chi connectivity index (χ1) is 9.01. The van der Waals surface area contributed by atoms with Crippen molar-refractivity contribution in [2.45, 2.75) is 57.9 Å². The number of rotatable bonds is 11. The van der Waals surface area contributed by atoms with Gasteiger partial charge in [0.15, 0.2) is 5.78 Å². The van der Waals surface area contributed by atoms with E-state index in [0.29, 0.717) is 6.42 Å². The predicted octanol–water partition coefficient (Wildman–Crippen LogP) is 1.51. The minimum atomic E-state index is -0.891. The van der Waals surface area contributed by atoms with Crippen LogP contribution < -0.4 is 11.1 Å². The quantitative estimate of drug-likeness (QED) is 0.446. The van der Waals surface area contributed by atoms with Gasteiger partial charge in [-0.3, -0.25) is 14.4 Å². The van der Waals surface area contributed by atoms with Crippen LogP contribution in [0.3, 0.4) is 0 Å². The molecule has 2 amide bonds. The number of nitrogens with one attached hydrogen (secondary N) is 1. The Kier molecular flexibility index (Phi) is 10.2. The number of amides is 2. The summed E-state index contributed by atoms with van der Waals surface area (Å²) in [5, 5.41) is 2.52. The zero-order valence-electron chi connectivity index (χ0n) is 11.4. The molecule has 0 aromatic rings. The number of unbranched alkanes of at least 4 members (excludes halogenated alkanes) is 4. The molecule has 0 rings (SSSR count). The first-order valence-electron chi connectivity index (χ1n) is 6.67. The third kappa shape index (κ3) is 9.47. The summed E-state index contributed by atoms with van der Waals surface area (Å²) in [6.07, 6.45) is 5.35. The number of carbonyl (C=O) groups excluding carboxylic acids is 3. The minimum absolute atomic E-state index is 0.201. The molecule has 0 spiro atoms. The lowest BCUT2D eigenvalue weighted by atomic mass is 10.1. The van der Waals surface area contributed by atoms with Crippen molar-refractivity contribution in [2.75, 3.05) is 5.88 Å². The van der Waals surface area contributed by atoms with E-state index in [4.69, 9.17) is 17.3 Å². The molecule has 5 nitrogen and oxygen atoms in total. The Morgan fingerprint density at radius 3 is 2.32 bits per heavy atom. The highest BCUT2D eigenvalue weighted by atomic mass is 35.5. The second kappa shape index (κ2) is 10.8. The molecule has 19 heavy (non-hydrogen) atoms. The number of Topliss-reactive ketones (excluding diaryl/α,β-unsaturated/α-hetero) is 1. The van der Waals surface area contributed by atoms with Gasteiger partial charge in [0.05, 0.1) is 18.3 Å². The maximum Gasteiger partial charge on any atom is 0.220 e. The molecule has 6 heteroatoms. The average Bonchev–Trinajstić information content (AvgIpc) is 2.36. The number of primary amides is 1. The van der Waals surface area contributed by atoms with E-state index < -0.39 is 11.9 Å². The van der Waals surface area contributed by atoms with Crippen molar-refractivity contribution in [2.24, 2.45) is 5.73 Å². The number of hydrogen-bond donors (Lipinski definition) is 2. The molecule has 0 fully saturated rings. The summed E-state index contributed by atoms with van der Waals surface area (Å²) in [4.78, 5) is 33.9. The molecule has 0 aromatic heterocycles. The number of ketones is 1. The van der Waals surface area contributed by atoms with Crippen LogP contribution in [0, 0.1) is 0 Å². The van der Waals surface area contributed by atoms with E-state index in [0.717, 1.165) is 32.1 Å². The van der Waals surface area contributed by atoms with Crippen molar-refractivity contribution in [3.8, 4) is 0 Å². The van der Waals surface area contributed by atoms with Gasteiger partial charge in [0, 0.05) is 6.42 Å². The van der Waals surface area contributed by atoms with Crippen LogP contribution in [-0.4, -0.2) is 29.5 Å². The van der Waals surface area contributed by atoms with Gasteiger partial charge in [-0.15, -0.1) is 11.6 Å². The summed E-state index contributed by atoms with van der Waals surface area (Å²) in [6.45, 7) is 2.12. The van der Waals surface area contributed by atoms with Gasteiger partial charge < -0.3 is 11.1 Å². The van der Waals surface area contributed by atoms with Crippen LogP contribution in [0.2, 0.25) is 0 Å². The fourth-order valence-electron chi connectivity index (χ4n) is 1.70. The molecule has 0 aliphatic rings. The molecule has 0 heterocycles. The third-order valence-corrected chi connectivity index (χ3v) is 3.03. The normalized spacial score (nSPS) is 11.9. The van der Waals surface area contributed by atoms with Gasteiger partial charge in [-0.25, -0.2) is 0 Å². The predicted molar refractivity (Wildman–Crippen MR) is 74.8 cm³/mol. The summed E-state index contributed by atoms with van der Waals surface area (Å²) in [7, 11) is 0. The number of hydrogen-bond acceptors (Lipinski definition) is 3. The maximum atomic E-state index is 11.6. The highest BCUT2D eigenvalue weighted by molar-refractivity contribution is 6.28. The molecule has 3 N–H and O–H groups in total. The Morgan fingerprint density at radius 2 is 1.79 bits per heavy atom. The lowest BCUT2D eigenvalue weighted by Gasteiger charge is -2.14. The zero-order valence-corrected chi connectivity index (χ0v) is 12.2. The van der Waals surface area contributed by atoms with Crippen molar-refractivity contribution < 1.29 is 14.4 Å². The van der Waals surface area contributed by atoms with Crippen LogP contribution in [-0.2, 0) is 14.4 Å². The Morgan fingerprint density at radius 1 is 1.16 bits per heavy atom. The monoisotopic (exact) mass is 290 g/mol. The first-order valence-corrected chi connectivity index (χ1v) is 7.21. The van der Waals surface area contributed by atoms with Gasteiger partial charge in [-0.05, 0) is 6.42 Å². The molecule has 0 aromatic carbocycles. The van der Waals surface area contributed by atoms with Crippen LogP contribution in [0.4, 0.5) is 0 Å². The Labute approximate surface area is 119 Å². The molecule has 0 aliphatic carbocycles. The number of nitrogens with two attached hydrogens (primary N) is 1. The number of carbonyl (C=O) groups is 3. The minimum Gasteiger partial charge on any atom is -0.370 e. The number of halogens is 1. The molecule has 0 unspecified atom stereocenters. The van der Waals surface area contributed by atoms with Crippen molar-refractivity contribution in [1.29, 1.82) is 0 Å². The molecule has 0 aliphatic heterocycles. The van der Waals surface area contributed by atoms with Gasteiger partial charge in [0.25, 0.3) is 0 Å². The second-order valence-electron chi connectivity index (χ2n) is 4.55. The maximum absolute atomic E-state index is 11.6. The highest BCUT2D eigenvalue weighted by Gasteiger charge is 2.21. The summed E-state index contributed by atoms with van der Waals surface area (Å²) in [5.41, 5.74) is 5.03. The van der Waals surface area contributed by atoms with Gasteiger partial charge in [0.1, 0.15) is 0 Å². The van der Waals surface area contributed by atoms with E-state index >= 15 is 0 Å². The van der Waals surface area contributed by atoms with Crippen LogP contribution >= 0.6 is 11.6 Å². The topological polar surface area (TPSA) is 89.3 Å². The third-order valence-electron chi connectivity index (χ3n) is 2.77. The van der Waals surface area contributed by atoms with E-state index in [1.165, 1.54) is 0 Å². The van der Waals surface area contributed by atoms with Crippen molar-refractivity contribution >= 4 is 29.2 Å². The van der Waals surface area contributed by atoms with Gasteiger partial charge in [-0.2, -0.15) is 0 Å². The second-order valence-corrected chi connectivity index (χ2v) is 4.82. The summed E-state index contributed by atoms with van der Waals surface area (Å²) in [6, 6.07) is -0.891. The Bertz CT molecular complexity index is 308. The van der Waals surface area contributed by atoms with E-state index in [1.54, 1.807) is 0 Å². The lowest BCUT2D eigenvalue weighted by molar-refractivity contribution is -0.128. The molecular formula is C13H23ClN2O3. The summed E-state index contributed by atoms with van der Waals surface area (Å²) < 4.78 is 0. The van der Waals surface area contributed by atoms with Crippen LogP contribution in [0.15, 0.2) is 0 Å². The highest BCUT2D eigenvalue weighted by Crippen LogP contribution is 2.05. The van der Waals surface area contributed by atoms with Gasteiger partial charge >= 0.3 is 0 Å². The fraction of sp³-hybridized carbons (Fsp3) is 0.769. The van der Waals surface area contributed by atoms with E-state index in [-0.39, 0.29) is 24.0 Å². The van der Waals surface area contributed by atoms with Gasteiger partial charge in [-0.1, -0.05) is 32.6 Å². The summed E-state index contributed by atoms with van der Waals surface area (Å²) >= 11 is 5.42. The molecule has 0 saturated heterocycles. The lowest BCUT2D eigenvalue weighted by Crippen LogP contribution is -2.43. The Hall–Kier alpha value is -1.10. The number of alkyl halides is 1. The van der Waals surface area contributed by atoms with Crippen molar-refractivity contribution in [3.63, 3.8) is 0 Å². The standard InChI is InChI=1S/C13H23ClN2O3/c1-2-3-4-5-6-7-13(19)16-10(8-12(15)18)11(17)9-14/h10H,2-9H2,1H3,(H2,15,18)(H,16,19)/t10-/m1/s1. The van der Waals surface area contributed by atoms with E-state index in [9.17, 15) is 14.4 Å². The van der Waals surface area contributed by atoms with Crippen molar-refractivity contribution in [3.05, 3.63) is 0 Å². The van der Waals surface area contributed by atoms with Gasteiger partial charge in [0.2, 0.25) is 11.8 Å². The molecule has 0 bridgehead atoms. The van der Waals surface area contributed by atoms with E-state index in [1.807, 2.05) is 0 Å². The molecule has 1 atom stereocenters. The van der Waals surface area contributed by atoms with Crippen LogP contribution in [0.5, 0.6) is 0 Å². The van der Waals surface area contributed by atoms with Crippen molar-refractivity contribution in [1.82, 2.24) is 5.32 Å². The average molecular weight is 291 g/mol. The molecular weight excluding hydrogens is 268 g/mol. The Balaban J connectivity index is 4.02. The molecule has 0 saturated carbocycles. The zero-order chi connectivity index (χ0) is 14.7. The largest absolute Gasteiger partial charge is 0.370 e. The van der Waals surface area contributed by atoms with Crippen LogP contribution in [0.25, 0.3) is 0 Å². The van der Waals surface area contributed by atoms with E-state index in [2.05, 4.69) is 12.2 Å². The smallest absolute Gasteiger partial charge is 0.220 e. The fourth-order valence-corrected chi connectivity index (χ4v) is 1.88. The molecule has 110 valence electrons. The summed E-state index contributed by atoms with van der Waals surface area (Å²) in [5.74, 6) is -1.50. The SMILES string of the molecule is CCCCCCCC(=O)N[C@H](CC(N)=O)C(=O)CCl. The van der Waals surface area contributed by atoms with Crippen LogP contribution in [0.1, 0.15) is 51.9 Å². The molecule has 0 radical (unpaired) electrons. The first kappa shape index (κ1) is 17.9.